The van der Waals surface area contributed by atoms with Gasteiger partial charge in [0.2, 0.25) is 0 Å². The average Bonchev–Trinajstić information content (AvgIpc) is 2.43. The zero-order valence-electron chi connectivity index (χ0n) is 11.1. The Bertz CT molecular complexity index is 608. The van der Waals surface area contributed by atoms with Gasteiger partial charge in [0, 0.05) is 18.7 Å². The van der Waals surface area contributed by atoms with E-state index in [0.717, 1.165) is 5.56 Å². The Morgan fingerprint density at radius 3 is 2.45 bits per heavy atom. The standard InChI is InChI=1S/C15H15NO4/c1-11-10-13(16(18)19)4-7-15(11)20-14-5-2-12(3-6-14)8-9-17/h2-7,10,17H,8-9H2,1H3. The van der Waals surface area contributed by atoms with Gasteiger partial charge in [-0.15, -0.1) is 0 Å². The summed E-state index contributed by atoms with van der Waals surface area (Å²) in [5.74, 6) is 1.24. The summed E-state index contributed by atoms with van der Waals surface area (Å²) in [6.45, 7) is 1.88. The van der Waals surface area contributed by atoms with Crippen LogP contribution in [-0.2, 0) is 6.42 Å². The topological polar surface area (TPSA) is 72.6 Å². The third kappa shape index (κ3) is 3.33. The van der Waals surface area contributed by atoms with Crippen molar-refractivity contribution in [1.29, 1.82) is 0 Å². The molecule has 0 aliphatic carbocycles. The molecule has 0 radical (unpaired) electrons. The van der Waals surface area contributed by atoms with Crippen molar-refractivity contribution < 1.29 is 14.8 Å². The van der Waals surface area contributed by atoms with E-state index >= 15 is 0 Å². The maximum Gasteiger partial charge on any atom is 0.269 e. The SMILES string of the molecule is Cc1cc([N+](=O)[O-])ccc1Oc1ccc(CCO)cc1. The van der Waals surface area contributed by atoms with E-state index in [2.05, 4.69) is 0 Å². The number of rotatable bonds is 5. The fourth-order valence-corrected chi connectivity index (χ4v) is 1.84. The van der Waals surface area contributed by atoms with Gasteiger partial charge in [0.05, 0.1) is 4.92 Å². The Balaban J connectivity index is 2.15. The lowest BCUT2D eigenvalue weighted by Crippen LogP contribution is -1.93. The predicted molar refractivity (Wildman–Crippen MR) is 75.1 cm³/mol. The van der Waals surface area contributed by atoms with E-state index in [0.29, 0.717) is 23.5 Å². The van der Waals surface area contributed by atoms with Crippen LogP contribution in [0.25, 0.3) is 0 Å². The fraction of sp³-hybridized carbons (Fsp3) is 0.200. The van der Waals surface area contributed by atoms with Gasteiger partial charge in [-0.1, -0.05) is 12.1 Å². The molecule has 20 heavy (non-hydrogen) atoms. The van der Waals surface area contributed by atoms with Gasteiger partial charge >= 0.3 is 0 Å². The van der Waals surface area contributed by atoms with Crippen LogP contribution >= 0.6 is 0 Å². The second kappa shape index (κ2) is 6.16. The van der Waals surface area contributed by atoms with Crippen LogP contribution in [0.3, 0.4) is 0 Å². The molecule has 0 bridgehead atoms. The lowest BCUT2D eigenvalue weighted by atomic mass is 10.1. The summed E-state index contributed by atoms with van der Waals surface area (Å²) in [7, 11) is 0. The van der Waals surface area contributed by atoms with Crippen LogP contribution in [0, 0.1) is 17.0 Å². The van der Waals surface area contributed by atoms with Gasteiger partial charge in [-0.3, -0.25) is 10.1 Å². The monoisotopic (exact) mass is 273 g/mol. The average molecular weight is 273 g/mol. The van der Waals surface area contributed by atoms with E-state index in [1.54, 1.807) is 13.0 Å². The first-order valence-electron chi connectivity index (χ1n) is 6.23. The Morgan fingerprint density at radius 1 is 1.20 bits per heavy atom. The molecule has 0 atom stereocenters. The zero-order valence-corrected chi connectivity index (χ0v) is 11.1. The number of aliphatic hydroxyl groups excluding tert-OH is 1. The van der Waals surface area contributed by atoms with Crippen molar-refractivity contribution in [2.24, 2.45) is 0 Å². The molecule has 2 aromatic rings. The number of non-ortho nitro benzene ring substituents is 1. The molecule has 0 heterocycles. The minimum Gasteiger partial charge on any atom is -0.457 e. The summed E-state index contributed by atoms with van der Waals surface area (Å²) in [6, 6.07) is 11.9. The summed E-state index contributed by atoms with van der Waals surface area (Å²) in [4.78, 5) is 10.2. The molecule has 0 fully saturated rings. The molecular weight excluding hydrogens is 258 g/mol. The van der Waals surface area contributed by atoms with Crippen LogP contribution in [0.1, 0.15) is 11.1 Å². The molecule has 5 heteroatoms. The molecule has 0 saturated heterocycles. The van der Waals surface area contributed by atoms with Gasteiger partial charge in [-0.2, -0.15) is 0 Å². The molecule has 0 unspecified atom stereocenters. The molecule has 0 amide bonds. The van der Waals surface area contributed by atoms with Crippen LogP contribution in [0.4, 0.5) is 5.69 Å². The van der Waals surface area contributed by atoms with Crippen LogP contribution in [-0.4, -0.2) is 16.6 Å². The third-order valence-corrected chi connectivity index (χ3v) is 2.92. The molecule has 0 aliphatic rings. The fourth-order valence-electron chi connectivity index (χ4n) is 1.84. The van der Waals surface area contributed by atoms with Crippen molar-refractivity contribution in [2.45, 2.75) is 13.3 Å². The number of ether oxygens (including phenoxy) is 1. The van der Waals surface area contributed by atoms with E-state index in [9.17, 15) is 10.1 Å². The third-order valence-electron chi connectivity index (χ3n) is 2.92. The minimum atomic E-state index is -0.430. The lowest BCUT2D eigenvalue weighted by molar-refractivity contribution is -0.384. The smallest absolute Gasteiger partial charge is 0.269 e. The molecule has 2 rings (SSSR count). The van der Waals surface area contributed by atoms with Crippen LogP contribution < -0.4 is 4.74 Å². The number of nitrogens with zero attached hydrogens (tertiary/aromatic N) is 1. The van der Waals surface area contributed by atoms with Crippen molar-refractivity contribution >= 4 is 5.69 Å². The van der Waals surface area contributed by atoms with E-state index in [1.165, 1.54) is 12.1 Å². The van der Waals surface area contributed by atoms with Crippen molar-refractivity contribution in [2.75, 3.05) is 6.61 Å². The zero-order chi connectivity index (χ0) is 14.5. The maximum absolute atomic E-state index is 10.7. The first-order valence-corrected chi connectivity index (χ1v) is 6.23. The number of hydrogen-bond acceptors (Lipinski definition) is 4. The van der Waals surface area contributed by atoms with Gasteiger partial charge in [0.1, 0.15) is 11.5 Å². The summed E-state index contributed by atoms with van der Waals surface area (Å²) < 4.78 is 5.69. The van der Waals surface area contributed by atoms with E-state index in [1.807, 2.05) is 24.3 Å². The number of aliphatic hydroxyl groups is 1. The van der Waals surface area contributed by atoms with Gasteiger partial charge in [0.15, 0.2) is 0 Å². The van der Waals surface area contributed by atoms with Gasteiger partial charge < -0.3 is 9.84 Å². The van der Waals surface area contributed by atoms with E-state index in [4.69, 9.17) is 9.84 Å². The number of nitro benzene ring substituents is 1. The molecule has 0 aliphatic heterocycles. The molecule has 2 aromatic carbocycles. The highest BCUT2D eigenvalue weighted by atomic mass is 16.6. The van der Waals surface area contributed by atoms with Crippen molar-refractivity contribution in [3.05, 3.63) is 63.7 Å². The Kier molecular flexibility index (Phi) is 4.32. The molecule has 1 N–H and O–H groups in total. The minimum absolute atomic E-state index is 0.0492. The van der Waals surface area contributed by atoms with Crippen molar-refractivity contribution in [1.82, 2.24) is 0 Å². The molecule has 104 valence electrons. The lowest BCUT2D eigenvalue weighted by Gasteiger charge is -2.09. The van der Waals surface area contributed by atoms with Crippen LogP contribution in [0.15, 0.2) is 42.5 Å². The number of nitro groups is 1. The Labute approximate surface area is 116 Å². The normalized spacial score (nSPS) is 10.3. The highest BCUT2D eigenvalue weighted by Gasteiger charge is 2.09. The summed E-state index contributed by atoms with van der Waals surface area (Å²) in [5.41, 5.74) is 1.78. The van der Waals surface area contributed by atoms with Crippen molar-refractivity contribution in [3.63, 3.8) is 0 Å². The molecule has 5 nitrogen and oxygen atoms in total. The molecular formula is C15H15NO4. The van der Waals surface area contributed by atoms with Crippen molar-refractivity contribution in [3.8, 4) is 11.5 Å². The van der Waals surface area contributed by atoms with Crippen LogP contribution in [0.2, 0.25) is 0 Å². The second-order valence-electron chi connectivity index (χ2n) is 4.43. The first-order chi connectivity index (χ1) is 9.60. The first kappa shape index (κ1) is 14.0. The van der Waals surface area contributed by atoms with Crippen LogP contribution in [0.5, 0.6) is 11.5 Å². The Morgan fingerprint density at radius 2 is 1.90 bits per heavy atom. The molecule has 0 spiro atoms. The summed E-state index contributed by atoms with van der Waals surface area (Å²) in [5, 5.41) is 19.5. The van der Waals surface area contributed by atoms with Gasteiger partial charge in [0.25, 0.3) is 5.69 Å². The molecule has 0 saturated carbocycles. The van der Waals surface area contributed by atoms with Gasteiger partial charge in [-0.25, -0.2) is 0 Å². The second-order valence-corrected chi connectivity index (χ2v) is 4.43. The van der Waals surface area contributed by atoms with E-state index < -0.39 is 4.92 Å². The summed E-state index contributed by atoms with van der Waals surface area (Å²) >= 11 is 0. The summed E-state index contributed by atoms with van der Waals surface area (Å²) in [6.07, 6.45) is 0.608. The number of hydrogen-bond donors (Lipinski definition) is 1. The number of aryl methyl sites for hydroxylation is 1. The quantitative estimate of drug-likeness (QED) is 0.670. The number of benzene rings is 2. The predicted octanol–water partition coefficient (Wildman–Crippen LogP) is 3.23. The Hall–Kier alpha value is -2.40. The van der Waals surface area contributed by atoms with E-state index in [-0.39, 0.29) is 12.3 Å². The highest BCUT2D eigenvalue weighted by Crippen LogP contribution is 2.28. The highest BCUT2D eigenvalue weighted by molar-refractivity contribution is 5.45. The maximum atomic E-state index is 10.7. The largest absolute Gasteiger partial charge is 0.457 e. The van der Waals surface area contributed by atoms with Gasteiger partial charge in [-0.05, 0) is 42.7 Å². The molecule has 0 aromatic heterocycles.